The molecule has 3 aromatic rings. The Bertz CT molecular complexity index is 1390. The molecule has 0 saturated carbocycles. The quantitative estimate of drug-likeness (QED) is 0.221. The van der Waals surface area contributed by atoms with Gasteiger partial charge in [-0.25, -0.2) is 9.78 Å². The topological polar surface area (TPSA) is 167 Å². The zero-order valence-electron chi connectivity index (χ0n) is 21.9. The first kappa shape index (κ1) is 27.9. The Morgan fingerprint density at radius 3 is 2.13 bits per heavy atom. The molecule has 2 amide bonds. The number of ether oxygens (including phenoxy) is 1. The molecule has 0 aliphatic rings. The zero-order chi connectivity index (χ0) is 28.2. The number of anilines is 1. The van der Waals surface area contributed by atoms with Gasteiger partial charge in [0.2, 0.25) is 5.88 Å². The van der Waals surface area contributed by atoms with Crippen molar-refractivity contribution in [2.45, 2.75) is 33.7 Å². The number of carboxylic acids is 1. The van der Waals surface area contributed by atoms with Gasteiger partial charge in [-0.3, -0.25) is 15.0 Å². The molecule has 2 aromatic carbocycles. The minimum Gasteiger partial charge on any atom is -0.481 e. The fourth-order valence-electron chi connectivity index (χ4n) is 3.46. The van der Waals surface area contributed by atoms with Gasteiger partial charge in [0.1, 0.15) is 11.5 Å². The number of nitrogens with one attached hydrogen (secondary N) is 3. The zero-order valence-corrected chi connectivity index (χ0v) is 21.9. The smallest absolute Gasteiger partial charge is 0.336 e. The van der Waals surface area contributed by atoms with Gasteiger partial charge in [-0.05, 0) is 60.4 Å². The number of rotatable bonds is 8. The molecule has 1 atom stereocenters. The summed E-state index contributed by atoms with van der Waals surface area (Å²) >= 11 is 0. The second-order valence-corrected chi connectivity index (χ2v) is 9.82. The lowest BCUT2D eigenvalue weighted by molar-refractivity contribution is 0.0697. The van der Waals surface area contributed by atoms with Crippen LogP contribution < -0.4 is 21.1 Å². The van der Waals surface area contributed by atoms with Crippen molar-refractivity contribution in [2.24, 2.45) is 11.1 Å². The van der Waals surface area contributed by atoms with Gasteiger partial charge in [0.25, 0.3) is 11.8 Å². The van der Waals surface area contributed by atoms with Crippen LogP contribution in [0.25, 0.3) is 11.1 Å². The average Bonchev–Trinajstić information content (AvgIpc) is 2.87. The Morgan fingerprint density at radius 1 is 0.974 bits per heavy atom. The molecule has 0 aliphatic heterocycles. The van der Waals surface area contributed by atoms with Gasteiger partial charge in [0, 0.05) is 34.5 Å². The molecule has 0 radical (unpaired) electrons. The molecule has 1 heterocycles. The van der Waals surface area contributed by atoms with E-state index in [1.807, 2.05) is 27.7 Å². The third-order valence-corrected chi connectivity index (χ3v) is 6.20. The summed E-state index contributed by atoms with van der Waals surface area (Å²) in [5, 5.41) is 23.1. The highest BCUT2D eigenvalue weighted by Gasteiger charge is 2.25. The Kier molecular flexibility index (Phi) is 8.15. The van der Waals surface area contributed by atoms with Crippen LogP contribution in [0.3, 0.4) is 0 Å². The normalized spacial score (nSPS) is 11.8. The monoisotopic (exact) mass is 517 g/mol. The standard InChI is InChI=1S/C28H31N5O5/c1-15(28(2,3)4)31-25(34)17-8-11-19(21(14-17)27(36)37)20-12-13-22(38-5)33-23(20)26(35)32-18-9-6-16(7-10-18)24(29)30/h6-15H,1-5H3,(H3,29,30)(H,31,34)(H,32,35)(H,36,37). The first-order chi connectivity index (χ1) is 17.8. The molecule has 0 saturated heterocycles. The summed E-state index contributed by atoms with van der Waals surface area (Å²) in [5.74, 6) is -2.21. The molecule has 3 rings (SSSR count). The van der Waals surface area contributed by atoms with E-state index in [1.165, 1.54) is 31.4 Å². The molecule has 38 heavy (non-hydrogen) atoms. The Balaban J connectivity index is 2.02. The summed E-state index contributed by atoms with van der Waals surface area (Å²) in [6, 6.07) is 13.5. The predicted octanol–water partition coefficient (Wildman–Crippen LogP) is 4.16. The largest absolute Gasteiger partial charge is 0.481 e. The van der Waals surface area contributed by atoms with E-state index in [-0.39, 0.29) is 51.1 Å². The lowest BCUT2D eigenvalue weighted by Crippen LogP contribution is -2.41. The first-order valence-electron chi connectivity index (χ1n) is 11.8. The number of methoxy groups -OCH3 is 1. The van der Waals surface area contributed by atoms with Crippen molar-refractivity contribution in [3.63, 3.8) is 0 Å². The molecule has 1 aromatic heterocycles. The summed E-state index contributed by atoms with van der Waals surface area (Å²) < 4.78 is 5.18. The maximum absolute atomic E-state index is 13.3. The number of pyridine rings is 1. The molecule has 198 valence electrons. The van der Waals surface area contributed by atoms with Crippen LogP contribution >= 0.6 is 0 Å². The highest BCUT2D eigenvalue weighted by molar-refractivity contribution is 6.10. The van der Waals surface area contributed by atoms with E-state index in [1.54, 1.807) is 30.3 Å². The van der Waals surface area contributed by atoms with Crippen LogP contribution in [0, 0.1) is 10.8 Å². The van der Waals surface area contributed by atoms with Gasteiger partial charge in [-0.15, -0.1) is 0 Å². The first-order valence-corrected chi connectivity index (χ1v) is 11.8. The van der Waals surface area contributed by atoms with E-state index in [0.717, 1.165) is 0 Å². The van der Waals surface area contributed by atoms with E-state index in [9.17, 15) is 19.5 Å². The number of carboxylic acid groups (broad SMARTS) is 1. The number of amides is 2. The van der Waals surface area contributed by atoms with E-state index in [4.69, 9.17) is 15.9 Å². The van der Waals surface area contributed by atoms with E-state index >= 15 is 0 Å². The lowest BCUT2D eigenvalue weighted by atomic mass is 9.88. The summed E-state index contributed by atoms with van der Waals surface area (Å²) in [6.07, 6.45) is 0. The number of nitrogens with two attached hydrogens (primary N) is 1. The molecular formula is C28H31N5O5. The van der Waals surface area contributed by atoms with Gasteiger partial charge >= 0.3 is 5.97 Å². The van der Waals surface area contributed by atoms with Crippen molar-refractivity contribution >= 4 is 29.3 Å². The van der Waals surface area contributed by atoms with Crippen LogP contribution in [0.15, 0.2) is 54.6 Å². The van der Waals surface area contributed by atoms with Crippen molar-refractivity contribution in [1.82, 2.24) is 10.3 Å². The van der Waals surface area contributed by atoms with Crippen molar-refractivity contribution < 1.29 is 24.2 Å². The minimum atomic E-state index is -1.26. The third-order valence-electron chi connectivity index (χ3n) is 6.20. The number of hydrogen-bond acceptors (Lipinski definition) is 6. The van der Waals surface area contributed by atoms with E-state index in [2.05, 4.69) is 15.6 Å². The number of carbonyl (C=O) groups excluding carboxylic acids is 2. The number of amidine groups is 1. The number of nitrogens with zero attached hydrogens (tertiary/aromatic N) is 1. The number of nitrogen functional groups attached to an aromatic ring is 1. The van der Waals surface area contributed by atoms with Gasteiger partial charge in [-0.2, -0.15) is 0 Å². The fourth-order valence-corrected chi connectivity index (χ4v) is 3.46. The van der Waals surface area contributed by atoms with Crippen LogP contribution in [0.5, 0.6) is 5.88 Å². The summed E-state index contributed by atoms with van der Waals surface area (Å²) in [5.41, 5.74) is 6.63. The second kappa shape index (κ2) is 11.1. The maximum Gasteiger partial charge on any atom is 0.336 e. The van der Waals surface area contributed by atoms with Crippen molar-refractivity contribution in [3.8, 4) is 17.0 Å². The summed E-state index contributed by atoms with van der Waals surface area (Å²) in [6.45, 7) is 7.85. The van der Waals surface area contributed by atoms with Gasteiger partial charge in [0.15, 0.2) is 0 Å². The summed E-state index contributed by atoms with van der Waals surface area (Å²) in [7, 11) is 1.40. The number of aromatic nitrogens is 1. The molecular weight excluding hydrogens is 486 g/mol. The molecule has 10 heteroatoms. The molecule has 0 fully saturated rings. The average molecular weight is 518 g/mol. The molecule has 0 aliphatic carbocycles. The molecule has 0 bridgehead atoms. The van der Waals surface area contributed by atoms with Gasteiger partial charge < -0.3 is 26.2 Å². The van der Waals surface area contributed by atoms with Crippen molar-refractivity contribution in [2.75, 3.05) is 12.4 Å². The fraction of sp³-hybridized carbons (Fsp3) is 0.250. The Morgan fingerprint density at radius 2 is 1.58 bits per heavy atom. The van der Waals surface area contributed by atoms with Crippen LogP contribution in [0.2, 0.25) is 0 Å². The summed E-state index contributed by atoms with van der Waals surface area (Å²) in [4.78, 5) is 42.6. The van der Waals surface area contributed by atoms with Gasteiger partial charge in [-0.1, -0.05) is 26.8 Å². The highest BCUT2D eigenvalue weighted by Crippen LogP contribution is 2.30. The minimum absolute atomic E-state index is 0.0685. The predicted molar refractivity (Wildman–Crippen MR) is 145 cm³/mol. The SMILES string of the molecule is COc1ccc(-c2ccc(C(=O)NC(C)C(C)(C)C)cc2C(=O)O)c(C(=O)Nc2ccc(C(=N)N)cc2)n1. The number of aromatic carboxylic acids is 1. The number of hydrogen-bond donors (Lipinski definition) is 5. The number of carbonyl (C=O) groups is 3. The molecule has 10 nitrogen and oxygen atoms in total. The Labute approximate surface area is 220 Å². The number of benzene rings is 2. The lowest BCUT2D eigenvalue weighted by Gasteiger charge is -2.28. The van der Waals surface area contributed by atoms with Crippen LogP contribution in [-0.2, 0) is 0 Å². The second-order valence-electron chi connectivity index (χ2n) is 9.82. The van der Waals surface area contributed by atoms with Crippen LogP contribution in [0.4, 0.5) is 5.69 Å². The van der Waals surface area contributed by atoms with E-state index < -0.39 is 17.8 Å². The molecule has 0 spiro atoms. The molecule has 1 unspecified atom stereocenters. The highest BCUT2D eigenvalue weighted by atomic mass is 16.5. The van der Waals surface area contributed by atoms with Crippen LogP contribution in [0.1, 0.15) is 64.5 Å². The van der Waals surface area contributed by atoms with Crippen LogP contribution in [-0.4, -0.2) is 46.9 Å². The maximum atomic E-state index is 13.3. The molecule has 6 N–H and O–H groups in total. The van der Waals surface area contributed by atoms with Gasteiger partial charge in [0.05, 0.1) is 12.7 Å². The third kappa shape index (κ3) is 6.33. The van der Waals surface area contributed by atoms with Crippen molar-refractivity contribution in [3.05, 3.63) is 77.0 Å². The van der Waals surface area contributed by atoms with Crippen molar-refractivity contribution in [1.29, 1.82) is 5.41 Å². The Hall–Kier alpha value is -4.73. The van der Waals surface area contributed by atoms with E-state index in [0.29, 0.717) is 11.3 Å².